The number of carbonyl (C=O) groups is 1. The Morgan fingerprint density at radius 1 is 1.24 bits per heavy atom. The van der Waals surface area contributed by atoms with Crippen molar-refractivity contribution in [2.45, 2.75) is 13.3 Å². The number of carboxylic acids is 1. The maximum atomic E-state index is 11.0. The molecule has 0 saturated carbocycles. The molecule has 146 valence electrons. The first kappa shape index (κ1) is 21.3. The Bertz CT molecular complexity index is 1000. The van der Waals surface area contributed by atoms with Crippen LogP contribution in [0, 0.1) is 23.7 Å². The molecule has 0 saturated heterocycles. The maximum absolute atomic E-state index is 11.0. The quantitative estimate of drug-likeness (QED) is 0.295. The summed E-state index contributed by atoms with van der Waals surface area (Å²) in [5, 5.41) is 18.6. The second-order valence-electron chi connectivity index (χ2n) is 5.98. The molecule has 0 aliphatic carbocycles. The molecule has 0 spiro atoms. The Kier molecular flexibility index (Phi) is 7.65. The summed E-state index contributed by atoms with van der Waals surface area (Å²) in [6.07, 6.45) is 9.32. The SMILES string of the molecule is C#CCOc1c(CC=C)cc(/C=C(\C#N)c2ccc(C(=O)O)cc2)cc1OCC. The molecule has 0 atom stereocenters. The van der Waals surface area contributed by atoms with E-state index in [0.717, 1.165) is 11.1 Å². The summed E-state index contributed by atoms with van der Waals surface area (Å²) in [7, 11) is 0. The van der Waals surface area contributed by atoms with Gasteiger partial charge in [0.2, 0.25) is 0 Å². The zero-order valence-electron chi connectivity index (χ0n) is 16.1. The van der Waals surface area contributed by atoms with E-state index in [2.05, 4.69) is 18.6 Å². The molecule has 0 fully saturated rings. The van der Waals surface area contributed by atoms with Crippen molar-refractivity contribution in [2.75, 3.05) is 13.2 Å². The molecule has 0 bridgehead atoms. The van der Waals surface area contributed by atoms with Crippen molar-refractivity contribution >= 4 is 17.6 Å². The van der Waals surface area contributed by atoms with Gasteiger partial charge in [-0.3, -0.25) is 0 Å². The number of benzene rings is 2. The zero-order chi connectivity index (χ0) is 21.2. The van der Waals surface area contributed by atoms with Gasteiger partial charge in [-0.15, -0.1) is 13.0 Å². The van der Waals surface area contributed by atoms with Crippen molar-refractivity contribution in [1.82, 2.24) is 0 Å². The molecule has 5 nitrogen and oxygen atoms in total. The number of hydrogen-bond acceptors (Lipinski definition) is 4. The van der Waals surface area contributed by atoms with Crippen molar-refractivity contribution in [1.29, 1.82) is 5.26 Å². The fourth-order valence-electron chi connectivity index (χ4n) is 2.75. The van der Waals surface area contributed by atoms with Crippen molar-refractivity contribution in [3.05, 3.63) is 71.3 Å². The van der Waals surface area contributed by atoms with Crippen molar-refractivity contribution in [2.24, 2.45) is 0 Å². The first-order chi connectivity index (χ1) is 14.0. The molecule has 0 unspecified atom stereocenters. The number of carboxylic acid groups (broad SMARTS) is 1. The fourth-order valence-corrected chi connectivity index (χ4v) is 2.75. The summed E-state index contributed by atoms with van der Waals surface area (Å²) in [5.41, 5.74) is 2.76. The number of aromatic carboxylic acids is 1. The van der Waals surface area contributed by atoms with Gasteiger partial charge in [0, 0.05) is 5.56 Å². The minimum atomic E-state index is -1.02. The second kappa shape index (κ2) is 10.4. The van der Waals surface area contributed by atoms with E-state index >= 15 is 0 Å². The maximum Gasteiger partial charge on any atom is 0.335 e. The Labute approximate surface area is 170 Å². The lowest BCUT2D eigenvalue weighted by atomic mass is 10.00. The molecular weight excluding hydrogens is 366 g/mol. The van der Waals surface area contributed by atoms with Gasteiger partial charge in [0.05, 0.1) is 23.8 Å². The molecule has 2 aromatic carbocycles. The minimum absolute atomic E-state index is 0.110. The summed E-state index contributed by atoms with van der Waals surface area (Å²) in [4.78, 5) is 11.0. The third-order valence-corrected chi connectivity index (χ3v) is 3.99. The average Bonchev–Trinajstić information content (AvgIpc) is 2.72. The first-order valence-electron chi connectivity index (χ1n) is 8.96. The van der Waals surface area contributed by atoms with E-state index in [0.29, 0.717) is 35.7 Å². The first-order valence-corrected chi connectivity index (χ1v) is 8.96. The van der Waals surface area contributed by atoms with E-state index < -0.39 is 5.97 Å². The third kappa shape index (κ3) is 5.51. The largest absolute Gasteiger partial charge is 0.490 e. The summed E-state index contributed by atoms with van der Waals surface area (Å²) in [6.45, 7) is 6.19. The molecule has 0 radical (unpaired) electrons. The number of hydrogen-bond donors (Lipinski definition) is 1. The third-order valence-electron chi connectivity index (χ3n) is 3.99. The summed E-state index contributed by atoms with van der Waals surface area (Å²) < 4.78 is 11.4. The smallest absolute Gasteiger partial charge is 0.335 e. The molecule has 2 rings (SSSR count). The van der Waals surface area contributed by atoms with Crippen molar-refractivity contribution in [3.63, 3.8) is 0 Å². The predicted octanol–water partition coefficient (Wildman–Crippen LogP) is 4.59. The highest BCUT2D eigenvalue weighted by Crippen LogP contribution is 2.35. The Morgan fingerprint density at radius 2 is 1.93 bits per heavy atom. The van der Waals surface area contributed by atoms with E-state index in [9.17, 15) is 10.1 Å². The number of ether oxygens (including phenoxy) is 2. The second-order valence-corrected chi connectivity index (χ2v) is 5.98. The molecule has 2 aromatic rings. The van der Waals surface area contributed by atoms with Crippen LogP contribution in [0.3, 0.4) is 0 Å². The summed E-state index contributed by atoms with van der Waals surface area (Å²) in [5.74, 6) is 2.52. The van der Waals surface area contributed by atoms with E-state index in [1.165, 1.54) is 12.1 Å². The van der Waals surface area contributed by atoms with Crippen LogP contribution in [0.1, 0.15) is 34.0 Å². The Hall–Kier alpha value is -3.96. The van der Waals surface area contributed by atoms with Crippen LogP contribution in [0.5, 0.6) is 11.5 Å². The van der Waals surface area contributed by atoms with Gasteiger partial charge < -0.3 is 14.6 Å². The molecule has 5 heteroatoms. The predicted molar refractivity (Wildman–Crippen MR) is 113 cm³/mol. The Morgan fingerprint density at radius 3 is 2.48 bits per heavy atom. The molecular formula is C24H21NO4. The van der Waals surface area contributed by atoms with Crippen LogP contribution in [0.15, 0.2) is 49.1 Å². The molecule has 29 heavy (non-hydrogen) atoms. The monoisotopic (exact) mass is 387 g/mol. The number of allylic oxidation sites excluding steroid dienone is 2. The van der Waals surface area contributed by atoms with Gasteiger partial charge in [0.1, 0.15) is 6.61 Å². The van der Waals surface area contributed by atoms with Gasteiger partial charge in [-0.05, 0) is 54.8 Å². The zero-order valence-corrected chi connectivity index (χ0v) is 16.1. The molecule has 0 aliphatic heterocycles. The topological polar surface area (TPSA) is 79.5 Å². The van der Waals surface area contributed by atoms with Crippen LogP contribution in [-0.4, -0.2) is 24.3 Å². The number of nitrogens with zero attached hydrogens (tertiary/aromatic N) is 1. The lowest BCUT2D eigenvalue weighted by Crippen LogP contribution is -2.03. The highest BCUT2D eigenvalue weighted by molar-refractivity contribution is 5.92. The Balaban J connectivity index is 2.53. The van der Waals surface area contributed by atoms with Crippen LogP contribution < -0.4 is 9.47 Å². The lowest BCUT2D eigenvalue weighted by Gasteiger charge is -2.15. The van der Waals surface area contributed by atoms with Gasteiger partial charge in [0.25, 0.3) is 0 Å². The molecule has 0 amide bonds. The van der Waals surface area contributed by atoms with E-state index in [1.807, 2.05) is 13.0 Å². The molecule has 1 N–H and O–H groups in total. The van der Waals surface area contributed by atoms with Crippen molar-refractivity contribution in [3.8, 4) is 29.9 Å². The van der Waals surface area contributed by atoms with Crippen LogP contribution in [0.2, 0.25) is 0 Å². The average molecular weight is 387 g/mol. The highest BCUT2D eigenvalue weighted by Gasteiger charge is 2.13. The lowest BCUT2D eigenvalue weighted by molar-refractivity contribution is 0.0697. The van der Waals surface area contributed by atoms with Gasteiger partial charge in [-0.1, -0.05) is 24.1 Å². The molecule has 0 aliphatic rings. The standard InChI is InChI=1S/C24H21NO4/c1-4-7-20-13-17(15-22(28-6-3)23(20)29-12-5-2)14-21(16-25)18-8-10-19(11-9-18)24(26)27/h2,4,8-11,13-15H,1,6-7,12H2,3H3,(H,26,27)/b21-14+. The fraction of sp³-hybridized carbons (Fsp3) is 0.167. The van der Waals surface area contributed by atoms with Gasteiger partial charge in [-0.2, -0.15) is 5.26 Å². The number of rotatable bonds is 9. The normalized spacial score (nSPS) is 10.5. The molecule has 0 aromatic heterocycles. The van der Waals surface area contributed by atoms with Crippen molar-refractivity contribution < 1.29 is 19.4 Å². The van der Waals surface area contributed by atoms with Gasteiger partial charge in [0.15, 0.2) is 11.5 Å². The van der Waals surface area contributed by atoms with Crippen LogP contribution in [0.25, 0.3) is 11.6 Å². The van der Waals surface area contributed by atoms with E-state index in [1.54, 1.807) is 30.4 Å². The van der Waals surface area contributed by atoms with Crippen LogP contribution in [-0.2, 0) is 6.42 Å². The summed E-state index contributed by atoms with van der Waals surface area (Å²) in [6, 6.07) is 12.0. The minimum Gasteiger partial charge on any atom is -0.490 e. The summed E-state index contributed by atoms with van der Waals surface area (Å²) >= 11 is 0. The number of nitriles is 1. The van der Waals surface area contributed by atoms with Crippen LogP contribution >= 0.6 is 0 Å². The van der Waals surface area contributed by atoms with Crippen LogP contribution in [0.4, 0.5) is 0 Å². The van der Waals surface area contributed by atoms with E-state index in [4.69, 9.17) is 21.0 Å². The number of terminal acetylenes is 1. The highest BCUT2D eigenvalue weighted by atomic mass is 16.5. The molecule has 0 heterocycles. The van der Waals surface area contributed by atoms with Gasteiger partial charge in [-0.25, -0.2) is 4.79 Å². The van der Waals surface area contributed by atoms with E-state index in [-0.39, 0.29) is 12.2 Å². The van der Waals surface area contributed by atoms with Gasteiger partial charge >= 0.3 is 5.97 Å².